The van der Waals surface area contributed by atoms with Crippen molar-refractivity contribution in [2.45, 2.75) is 18.8 Å². The molecule has 0 radical (unpaired) electrons. The van der Waals surface area contributed by atoms with Crippen molar-refractivity contribution in [3.05, 3.63) is 66.7 Å². The average Bonchev–Trinajstić information content (AvgIpc) is 2.69. The highest BCUT2D eigenvalue weighted by molar-refractivity contribution is 5.67. The van der Waals surface area contributed by atoms with Crippen LogP contribution >= 0.6 is 0 Å². The zero-order chi connectivity index (χ0) is 16.2. The van der Waals surface area contributed by atoms with Crippen LogP contribution in [0.1, 0.15) is 24.5 Å². The van der Waals surface area contributed by atoms with Crippen molar-refractivity contribution in [3.8, 4) is 22.5 Å². The van der Waals surface area contributed by atoms with Crippen LogP contribution in [-0.4, -0.2) is 28.0 Å². The quantitative estimate of drug-likeness (QED) is 0.801. The summed E-state index contributed by atoms with van der Waals surface area (Å²) >= 11 is 0. The van der Waals surface area contributed by atoms with Gasteiger partial charge in [-0.2, -0.15) is 0 Å². The number of nitrogens with one attached hydrogen (secondary N) is 1. The summed E-state index contributed by atoms with van der Waals surface area (Å²) in [6, 6.07) is 14.3. The number of hydrogen-bond donors (Lipinski definition) is 1. The fourth-order valence-electron chi connectivity index (χ4n) is 3.28. The Labute approximate surface area is 142 Å². The molecule has 3 aromatic rings. The van der Waals surface area contributed by atoms with Crippen LogP contribution in [0, 0.1) is 0 Å². The average molecular weight is 316 g/mol. The number of hydrogen-bond acceptors (Lipinski definition) is 4. The summed E-state index contributed by atoms with van der Waals surface area (Å²) < 4.78 is 0. The molecule has 0 spiro atoms. The molecule has 4 rings (SSSR count). The maximum atomic E-state index is 4.98. The molecule has 3 heterocycles. The van der Waals surface area contributed by atoms with Gasteiger partial charge in [0.1, 0.15) is 0 Å². The van der Waals surface area contributed by atoms with Crippen LogP contribution in [0.15, 0.2) is 61.1 Å². The molecule has 120 valence electrons. The number of aromatic nitrogens is 3. The van der Waals surface area contributed by atoms with Crippen molar-refractivity contribution in [1.82, 2.24) is 20.3 Å². The lowest BCUT2D eigenvalue weighted by molar-refractivity contribution is 0.454. The van der Waals surface area contributed by atoms with Gasteiger partial charge in [0.05, 0.1) is 5.69 Å². The molecule has 1 aliphatic heterocycles. The van der Waals surface area contributed by atoms with Gasteiger partial charge in [-0.3, -0.25) is 4.98 Å². The van der Waals surface area contributed by atoms with E-state index in [2.05, 4.69) is 27.4 Å². The molecular formula is C20H20N4. The molecule has 1 aliphatic rings. The first-order chi connectivity index (χ1) is 11.9. The zero-order valence-corrected chi connectivity index (χ0v) is 13.5. The Hall–Kier alpha value is -2.59. The summed E-state index contributed by atoms with van der Waals surface area (Å²) in [5, 5.41) is 3.44. The minimum absolute atomic E-state index is 0.472. The van der Waals surface area contributed by atoms with E-state index in [0.717, 1.165) is 54.1 Å². The van der Waals surface area contributed by atoms with Crippen LogP contribution in [-0.2, 0) is 0 Å². The number of nitrogens with zero attached hydrogens (tertiary/aromatic N) is 3. The summed E-state index contributed by atoms with van der Waals surface area (Å²) in [6.07, 6.45) is 7.86. The second-order valence-corrected chi connectivity index (χ2v) is 6.12. The molecule has 1 fully saturated rings. The number of benzene rings is 1. The van der Waals surface area contributed by atoms with E-state index in [-0.39, 0.29) is 0 Å². The highest BCUT2D eigenvalue weighted by Crippen LogP contribution is 2.33. The third-order valence-corrected chi connectivity index (χ3v) is 4.57. The van der Waals surface area contributed by atoms with Crippen LogP contribution < -0.4 is 5.32 Å². The Morgan fingerprint density at radius 2 is 1.62 bits per heavy atom. The van der Waals surface area contributed by atoms with E-state index in [1.165, 1.54) is 0 Å². The predicted molar refractivity (Wildman–Crippen MR) is 95.5 cm³/mol. The second-order valence-electron chi connectivity index (χ2n) is 6.12. The van der Waals surface area contributed by atoms with Gasteiger partial charge in [0.25, 0.3) is 0 Å². The summed E-state index contributed by atoms with van der Waals surface area (Å²) in [5.41, 5.74) is 4.49. The van der Waals surface area contributed by atoms with E-state index < -0.39 is 0 Å². The van der Waals surface area contributed by atoms with Gasteiger partial charge in [0.2, 0.25) is 0 Å². The fourth-order valence-corrected chi connectivity index (χ4v) is 3.28. The lowest BCUT2D eigenvalue weighted by atomic mass is 9.89. The van der Waals surface area contributed by atoms with E-state index in [0.29, 0.717) is 5.92 Å². The summed E-state index contributed by atoms with van der Waals surface area (Å²) in [6.45, 7) is 2.09. The Balaban J connectivity index is 1.81. The monoisotopic (exact) mass is 316 g/mol. The molecule has 0 aliphatic carbocycles. The molecule has 0 amide bonds. The van der Waals surface area contributed by atoms with E-state index in [1.807, 2.05) is 48.9 Å². The van der Waals surface area contributed by atoms with Crippen LogP contribution in [0.25, 0.3) is 22.5 Å². The lowest BCUT2D eigenvalue weighted by Gasteiger charge is -2.24. The van der Waals surface area contributed by atoms with E-state index >= 15 is 0 Å². The molecule has 24 heavy (non-hydrogen) atoms. The molecule has 0 atom stereocenters. The minimum atomic E-state index is 0.472. The van der Waals surface area contributed by atoms with Crippen molar-refractivity contribution >= 4 is 0 Å². The first-order valence-electron chi connectivity index (χ1n) is 8.45. The lowest BCUT2D eigenvalue weighted by Crippen LogP contribution is -2.27. The molecule has 1 saturated heterocycles. The minimum Gasteiger partial charge on any atom is -0.317 e. The molecule has 0 saturated carbocycles. The molecule has 4 heteroatoms. The van der Waals surface area contributed by atoms with Crippen LogP contribution in [0.4, 0.5) is 0 Å². The van der Waals surface area contributed by atoms with E-state index in [9.17, 15) is 0 Å². The first-order valence-corrected chi connectivity index (χ1v) is 8.45. The largest absolute Gasteiger partial charge is 0.317 e. The SMILES string of the molecule is c1ccc(-c2ncc(-c3ccncc3)c(C3CCNCC3)n2)cc1. The Morgan fingerprint density at radius 3 is 2.38 bits per heavy atom. The molecule has 0 bridgehead atoms. The van der Waals surface area contributed by atoms with E-state index in [4.69, 9.17) is 4.98 Å². The third-order valence-electron chi connectivity index (χ3n) is 4.57. The highest BCUT2D eigenvalue weighted by Gasteiger charge is 2.21. The predicted octanol–water partition coefficient (Wildman–Crippen LogP) is 3.67. The van der Waals surface area contributed by atoms with Crippen LogP contribution in [0.5, 0.6) is 0 Å². The van der Waals surface area contributed by atoms with Crippen molar-refractivity contribution < 1.29 is 0 Å². The fraction of sp³-hybridized carbons (Fsp3) is 0.250. The van der Waals surface area contributed by atoms with Gasteiger partial charge in [-0.1, -0.05) is 30.3 Å². The zero-order valence-electron chi connectivity index (χ0n) is 13.5. The van der Waals surface area contributed by atoms with Gasteiger partial charge >= 0.3 is 0 Å². The van der Waals surface area contributed by atoms with Gasteiger partial charge < -0.3 is 5.32 Å². The van der Waals surface area contributed by atoms with Crippen LogP contribution in [0.3, 0.4) is 0 Å². The normalized spacial score (nSPS) is 15.3. The molecular weight excluding hydrogens is 296 g/mol. The van der Waals surface area contributed by atoms with Crippen molar-refractivity contribution in [1.29, 1.82) is 0 Å². The maximum Gasteiger partial charge on any atom is 0.159 e. The molecule has 2 aromatic heterocycles. The Bertz CT molecular complexity index is 796. The smallest absolute Gasteiger partial charge is 0.159 e. The number of rotatable bonds is 3. The Morgan fingerprint density at radius 1 is 0.875 bits per heavy atom. The van der Waals surface area contributed by atoms with Crippen molar-refractivity contribution in [2.24, 2.45) is 0 Å². The van der Waals surface area contributed by atoms with Gasteiger partial charge in [-0.25, -0.2) is 9.97 Å². The molecule has 4 nitrogen and oxygen atoms in total. The van der Waals surface area contributed by atoms with Gasteiger partial charge in [-0.05, 0) is 43.6 Å². The topological polar surface area (TPSA) is 50.7 Å². The Kier molecular flexibility index (Phi) is 4.30. The standard InChI is InChI=1S/C20H20N4/c1-2-4-17(5-3-1)20-23-14-18(15-6-10-21-11-7-15)19(24-20)16-8-12-22-13-9-16/h1-7,10-11,14,16,22H,8-9,12-13H2. The number of piperidine rings is 1. The summed E-state index contributed by atoms with van der Waals surface area (Å²) in [5.74, 6) is 1.28. The number of pyridine rings is 1. The molecule has 1 N–H and O–H groups in total. The second kappa shape index (κ2) is 6.89. The molecule has 0 unspecified atom stereocenters. The molecule has 1 aromatic carbocycles. The third kappa shape index (κ3) is 3.05. The summed E-state index contributed by atoms with van der Waals surface area (Å²) in [4.78, 5) is 13.7. The van der Waals surface area contributed by atoms with Gasteiger partial charge in [-0.15, -0.1) is 0 Å². The van der Waals surface area contributed by atoms with Crippen molar-refractivity contribution in [3.63, 3.8) is 0 Å². The summed E-state index contributed by atoms with van der Waals surface area (Å²) in [7, 11) is 0. The van der Waals surface area contributed by atoms with Crippen molar-refractivity contribution in [2.75, 3.05) is 13.1 Å². The first kappa shape index (κ1) is 15.0. The van der Waals surface area contributed by atoms with E-state index in [1.54, 1.807) is 0 Å². The highest BCUT2D eigenvalue weighted by atomic mass is 14.9. The van der Waals surface area contributed by atoms with Crippen LogP contribution in [0.2, 0.25) is 0 Å². The maximum absolute atomic E-state index is 4.98. The van der Waals surface area contributed by atoms with Gasteiger partial charge in [0, 0.05) is 35.6 Å². The van der Waals surface area contributed by atoms with Gasteiger partial charge in [0.15, 0.2) is 5.82 Å².